The fraction of sp³-hybridized carbons (Fsp3) is 0.429. The highest BCUT2D eigenvalue weighted by Crippen LogP contribution is 2.26. The molecule has 138 valence electrons. The van der Waals surface area contributed by atoms with E-state index in [2.05, 4.69) is 10.3 Å². The normalized spacial score (nSPS) is 14.8. The molecule has 1 aliphatic rings. The maximum absolute atomic E-state index is 12.4. The molecule has 1 amide bonds. The van der Waals surface area contributed by atoms with Gasteiger partial charge < -0.3 is 15.0 Å². The van der Waals surface area contributed by atoms with Crippen LogP contribution in [0.1, 0.15) is 70.0 Å². The molecular formula is C21H26N2O3. The summed E-state index contributed by atoms with van der Waals surface area (Å²) < 4.78 is 5.82. The average Bonchev–Trinajstić information content (AvgIpc) is 3.00. The lowest BCUT2D eigenvalue weighted by Crippen LogP contribution is -2.26. The fourth-order valence-corrected chi connectivity index (χ4v) is 3.44. The third kappa shape index (κ3) is 4.05. The number of H-pyrrole nitrogens is 1. The Kier molecular flexibility index (Phi) is 5.89. The van der Waals surface area contributed by atoms with Gasteiger partial charge in [-0.15, -0.1) is 0 Å². The number of hydrogen-bond donors (Lipinski definition) is 2. The second kappa shape index (κ2) is 8.32. The number of carbonyl (C=O) groups excluding carboxylic acids is 2. The summed E-state index contributed by atoms with van der Waals surface area (Å²) in [5.41, 5.74) is 4.07. The molecule has 1 heterocycles. The maximum Gasteiger partial charge on any atom is 0.268 e. The highest BCUT2D eigenvalue weighted by Gasteiger charge is 2.26. The van der Waals surface area contributed by atoms with Gasteiger partial charge in [0, 0.05) is 30.8 Å². The highest BCUT2D eigenvalue weighted by atomic mass is 16.5. The number of nitrogens with one attached hydrogen (secondary N) is 2. The number of benzene rings is 1. The Morgan fingerprint density at radius 2 is 2.04 bits per heavy atom. The van der Waals surface area contributed by atoms with Crippen LogP contribution >= 0.6 is 0 Å². The van der Waals surface area contributed by atoms with E-state index in [-0.39, 0.29) is 17.8 Å². The summed E-state index contributed by atoms with van der Waals surface area (Å²) in [4.78, 5) is 27.6. The van der Waals surface area contributed by atoms with Gasteiger partial charge in [0.1, 0.15) is 5.69 Å². The number of amides is 1. The van der Waals surface area contributed by atoms with E-state index in [0.29, 0.717) is 25.3 Å². The topological polar surface area (TPSA) is 71.2 Å². The lowest BCUT2D eigenvalue weighted by Gasteiger charge is -2.13. The Hall–Kier alpha value is -2.40. The van der Waals surface area contributed by atoms with E-state index in [4.69, 9.17) is 4.74 Å². The monoisotopic (exact) mass is 354 g/mol. The molecule has 0 saturated carbocycles. The molecule has 0 bridgehead atoms. The zero-order chi connectivity index (χ0) is 18.5. The zero-order valence-electron chi connectivity index (χ0n) is 15.4. The van der Waals surface area contributed by atoms with Gasteiger partial charge in [0.25, 0.3) is 5.91 Å². The van der Waals surface area contributed by atoms with Crippen LogP contribution in [0.15, 0.2) is 30.3 Å². The largest absolute Gasteiger partial charge is 0.374 e. The van der Waals surface area contributed by atoms with Crippen LogP contribution in [-0.2, 0) is 11.2 Å². The van der Waals surface area contributed by atoms with Gasteiger partial charge >= 0.3 is 0 Å². The maximum atomic E-state index is 12.4. The van der Waals surface area contributed by atoms with Gasteiger partial charge in [-0.25, -0.2) is 0 Å². The van der Waals surface area contributed by atoms with E-state index in [1.807, 2.05) is 44.2 Å². The van der Waals surface area contributed by atoms with Gasteiger partial charge in [0.2, 0.25) is 0 Å². The molecular weight excluding hydrogens is 328 g/mol. The number of aromatic nitrogens is 1. The third-order valence-electron chi connectivity index (χ3n) is 4.91. The van der Waals surface area contributed by atoms with Crippen molar-refractivity contribution in [3.63, 3.8) is 0 Å². The van der Waals surface area contributed by atoms with Gasteiger partial charge in [0.05, 0.1) is 6.10 Å². The van der Waals surface area contributed by atoms with Crippen LogP contribution in [0, 0.1) is 6.92 Å². The second-order valence-electron chi connectivity index (χ2n) is 6.79. The molecule has 2 aromatic rings. The number of carbonyl (C=O) groups is 2. The van der Waals surface area contributed by atoms with Crippen LogP contribution in [0.4, 0.5) is 0 Å². The smallest absolute Gasteiger partial charge is 0.268 e. The Balaban J connectivity index is 1.46. The minimum atomic E-state index is -0.152. The predicted octanol–water partition coefficient (Wildman–Crippen LogP) is 3.74. The molecule has 0 radical (unpaired) electrons. The van der Waals surface area contributed by atoms with Gasteiger partial charge in [0.15, 0.2) is 5.78 Å². The van der Waals surface area contributed by atoms with Crippen LogP contribution in [0.2, 0.25) is 0 Å². The predicted molar refractivity (Wildman–Crippen MR) is 101 cm³/mol. The molecule has 1 unspecified atom stereocenters. The Bertz CT molecular complexity index is 780. The first-order chi connectivity index (χ1) is 12.6. The molecule has 2 N–H and O–H groups in total. The van der Waals surface area contributed by atoms with Crippen LogP contribution in [0.25, 0.3) is 0 Å². The van der Waals surface area contributed by atoms with E-state index in [9.17, 15) is 9.59 Å². The summed E-state index contributed by atoms with van der Waals surface area (Å²) in [5.74, 6) is -0.0110. The summed E-state index contributed by atoms with van der Waals surface area (Å²) in [5, 5.41) is 2.92. The molecule has 26 heavy (non-hydrogen) atoms. The molecule has 0 saturated heterocycles. The minimum absolute atomic E-state index is 0.0373. The molecule has 1 aromatic heterocycles. The lowest BCUT2D eigenvalue weighted by molar-refractivity contribution is 0.0634. The highest BCUT2D eigenvalue weighted by molar-refractivity contribution is 6.04. The summed E-state index contributed by atoms with van der Waals surface area (Å²) in [7, 11) is 0. The first-order valence-corrected chi connectivity index (χ1v) is 9.27. The van der Waals surface area contributed by atoms with Crippen LogP contribution in [0.5, 0.6) is 0 Å². The SMILES string of the molecule is Cc1c(C(=O)NCCCOC(C)c2ccccc2)[nH]c2c1C(=O)CCC2. The summed E-state index contributed by atoms with van der Waals surface area (Å²) in [6.45, 7) is 4.99. The van der Waals surface area contributed by atoms with E-state index in [1.54, 1.807) is 0 Å². The standard InChI is InChI=1S/C21H26N2O3/c1-14-19-17(10-6-11-18(19)24)23-20(14)21(25)22-12-7-13-26-15(2)16-8-4-3-5-9-16/h3-5,8-9,15,23H,6-7,10-13H2,1-2H3,(H,22,25). The van der Waals surface area contributed by atoms with Crippen LogP contribution < -0.4 is 5.32 Å². The van der Waals surface area contributed by atoms with E-state index in [0.717, 1.165) is 41.6 Å². The fourth-order valence-electron chi connectivity index (χ4n) is 3.44. The molecule has 0 fully saturated rings. The molecule has 1 aromatic carbocycles. The molecule has 5 nitrogen and oxygen atoms in total. The first-order valence-electron chi connectivity index (χ1n) is 9.27. The Morgan fingerprint density at radius 1 is 1.27 bits per heavy atom. The average molecular weight is 354 g/mol. The quantitative estimate of drug-likeness (QED) is 0.744. The number of aromatic amines is 1. The zero-order valence-corrected chi connectivity index (χ0v) is 15.4. The number of Topliss-reactive ketones (excluding diaryl/α,β-unsaturated/α-hetero) is 1. The Morgan fingerprint density at radius 3 is 2.77 bits per heavy atom. The Labute approximate surface area is 154 Å². The summed E-state index contributed by atoms with van der Waals surface area (Å²) >= 11 is 0. The van der Waals surface area contributed by atoms with Crippen molar-refractivity contribution < 1.29 is 14.3 Å². The second-order valence-corrected chi connectivity index (χ2v) is 6.79. The van der Waals surface area contributed by atoms with Crippen LogP contribution in [-0.4, -0.2) is 29.8 Å². The molecule has 3 rings (SSSR count). The molecule has 0 aliphatic heterocycles. The summed E-state index contributed by atoms with van der Waals surface area (Å²) in [6, 6.07) is 10.1. The summed E-state index contributed by atoms with van der Waals surface area (Å²) in [6.07, 6.45) is 3.03. The van der Waals surface area contributed by atoms with Crippen molar-refractivity contribution in [2.45, 2.75) is 45.6 Å². The van der Waals surface area contributed by atoms with Crippen molar-refractivity contribution in [2.75, 3.05) is 13.2 Å². The number of rotatable bonds is 7. The number of hydrogen-bond acceptors (Lipinski definition) is 3. The van der Waals surface area contributed by atoms with E-state index < -0.39 is 0 Å². The van der Waals surface area contributed by atoms with Crippen molar-refractivity contribution in [3.05, 3.63) is 58.4 Å². The van der Waals surface area contributed by atoms with Gasteiger partial charge in [-0.3, -0.25) is 9.59 Å². The van der Waals surface area contributed by atoms with Crippen LogP contribution in [0.3, 0.4) is 0 Å². The number of ether oxygens (including phenoxy) is 1. The van der Waals surface area contributed by atoms with E-state index >= 15 is 0 Å². The number of fused-ring (bicyclic) bond motifs is 1. The lowest BCUT2D eigenvalue weighted by atomic mass is 9.94. The number of aryl methyl sites for hydroxylation is 1. The molecule has 5 heteroatoms. The van der Waals surface area contributed by atoms with Crippen molar-refractivity contribution in [3.8, 4) is 0 Å². The van der Waals surface area contributed by atoms with Gasteiger partial charge in [-0.2, -0.15) is 0 Å². The first kappa shape index (κ1) is 18.4. The third-order valence-corrected chi connectivity index (χ3v) is 4.91. The molecule has 1 aliphatic carbocycles. The van der Waals surface area contributed by atoms with Crippen molar-refractivity contribution in [1.82, 2.24) is 10.3 Å². The molecule has 1 atom stereocenters. The van der Waals surface area contributed by atoms with Gasteiger partial charge in [-0.1, -0.05) is 30.3 Å². The van der Waals surface area contributed by atoms with Crippen molar-refractivity contribution in [1.29, 1.82) is 0 Å². The minimum Gasteiger partial charge on any atom is -0.374 e. The molecule has 0 spiro atoms. The van der Waals surface area contributed by atoms with Crippen molar-refractivity contribution in [2.24, 2.45) is 0 Å². The van der Waals surface area contributed by atoms with Gasteiger partial charge in [-0.05, 0) is 44.2 Å². The van der Waals surface area contributed by atoms with E-state index in [1.165, 1.54) is 0 Å². The number of ketones is 1. The van der Waals surface area contributed by atoms with Crippen molar-refractivity contribution >= 4 is 11.7 Å².